The second kappa shape index (κ2) is 3.52. The second-order valence-electron chi connectivity index (χ2n) is 2.90. The monoisotopic (exact) mass is 222 g/mol. The third-order valence-electron chi connectivity index (χ3n) is 1.91. The minimum Gasteiger partial charge on any atom is -0.478 e. The number of carboxylic acid groups (broad SMARTS) is 1. The summed E-state index contributed by atoms with van der Waals surface area (Å²) in [7, 11) is 0. The molecular formula is C9H6F4O2. The summed E-state index contributed by atoms with van der Waals surface area (Å²) in [5, 5.41) is 8.52. The highest BCUT2D eigenvalue weighted by Gasteiger charge is 2.37. The summed E-state index contributed by atoms with van der Waals surface area (Å²) < 4.78 is 50.1. The number of hydrogen-bond acceptors (Lipinski definition) is 1. The van der Waals surface area contributed by atoms with Gasteiger partial charge in [0, 0.05) is 0 Å². The highest BCUT2D eigenvalue weighted by molar-refractivity contribution is 5.90. The van der Waals surface area contributed by atoms with E-state index in [1.165, 1.54) is 0 Å². The summed E-state index contributed by atoms with van der Waals surface area (Å²) >= 11 is 0. The lowest BCUT2D eigenvalue weighted by Gasteiger charge is -2.13. The van der Waals surface area contributed by atoms with Gasteiger partial charge in [0.1, 0.15) is 5.82 Å². The normalized spacial score (nSPS) is 11.5. The van der Waals surface area contributed by atoms with Gasteiger partial charge in [-0.3, -0.25) is 0 Å². The fraction of sp³-hybridized carbons (Fsp3) is 0.222. The Hall–Kier alpha value is -1.59. The second-order valence-corrected chi connectivity index (χ2v) is 2.90. The fourth-order valence-electron chi connectivity index (χ4n) is 1.23. The van der Waals surface area contributed by atoms with Gasteiger partial charge in [-0.2, -0.15) is 13.2 Å². The predicted octanol–water partition coefficient (Wildman–Crippen LogP) is 2.85. The van der Waals surface area contributed by atoms with Gasteiger partial charge in [0.05, 0.1) is 11.1 Å². The molecule has 2 nitrogen and oxygen atoms in total. The first kappa shape index (κ1) is 11.5. The molecule has 0 fully saturated rings. The maximum atomic E-state index is 12.9. The van der Waals surface area contributed by atoms with Crippen LogP contribution in [0.15, 0.2) is 12.1 Å². The zero-order chi connectivity index (χ0) is 11.8. The van der Waals surface area contributed by atoms with Crippen molar-refractivity contribution in [3.8, 4) is 0 Å². The number of aromatic carboxylic acids is 1. The number of carboxylic acids is 1. The zero-order valence-corrected chi connectivity index (χ0v) is 7.52. The van der Waals surface area contributed by atoms with Crippen molar-refractivity contribution in [3.63, 3.8) is 0 Å². The molecule has 0 saturated heterocycles. The van der Waals surface area contributed by atoms with E-state index in [1.54, 1.807) is 0 Å². The van der Waals surface area contributed by atoms with Gasteiger partial charge in [0.15, 0.2) is 0 Å². The Kier molecular flexibility index (Phi) is 2.70. The predicted molar refractivity (Wildman–Crippen MR) is 43.1 cm³/mol. The van der Waals surface area contributed by atoms with Gasteiger partial charge < -0.3 is 5.11 Å². The molecule has 0 spiro atoms. The van der Waals surface area contributed by atoms with Gasteiger partial charge in [0.2, 0.25) is 0 Å². The van der Waals surface area contributed by atoms with Gasteiger partial charge in [-0.25, -0.2) is 9.18 Å². The Morgan fingerprint density at radius 1 is 1.33 bits per heavy atom. The lowest BCUT2D eigenvalue weighted by atomic mass is 10.0. The highest BCUT2D eigenvalue weighted by atomic mass is 19.4. The van der Waals surface area contributed by atoms with Crippen LogP contribution < -0.4 is 0 Å². The van der Waals surface area contributed by atoms with Gasteiger partial charge >= 0.3 is 12.1 Å². The van der Waals surface area contributed by atoms with E-state index in [0.29, 0.717) is 12.1 Å². The molecule has 1 N–H and O–H groups in total. The van der Waals surface area contributed by atoms with Crippen molar-refractivity contribution in [2.75, 3.05) is 0 Å². The SMILES string of the molecule is Cc1c(F)ccc(C(=O)O)c1C(F)(F)F. The zero-order valence-electron chi connectivity index (χ0n) is 7.52. The smallest absolute Gasteiger partial charge is 0.417 e. The van der Waals surface area contributed by atoms with Crippen LogP contribution in [-0.2, 0) is 6.18 Å². The van der Waals surface area contributed by atoms with E-state index in [2.05, 4.69) is 0 Å². The van der Waals surface area contributed by atoms with Crippen LogP contribution in [0.25, 0.3) is 0 Å². The molecule has 1 aromatic rings. The van der Waals surface area contributed by atoms with E-state index in [4.69, 9.17) is 5.11 Å². The van der Waals surface area contributed by atoms with Crippen molar-refractivity contribution in [3.05, 3.63) is 34.6 Å². The van der Waals surface area contributed by atoms with Crippen LogP contribution in [0.3, 0.4) is 0 Å². The minimum absolute atomic E-state index is 0.605. The average molecular weight is 222 g/mol. The molecule has 0 aliphatic carbocycles. The number of rotatable bonds is 1. The Morgan fingerprint density at radius 3 is 2.27 bits per heavy atom. The van der Waals surface area contributed by atoms with Crippen molar-refractivity contribution >= 4 is 5.97 Å². The highest BCUT2D eigenvalue weighted by Crippen LogP contribution is 2.35. The third kappa shape index (κ3) is 2.08. The molecule has 0 aliphatic rings. The Bertz CT molecular complexity index is 409. The fourth-order valence-corrected chi connectivity index (χ4v) is 1.23. The summed E-state index contributed by atoms with van der Waals surface area (Å²) in [6, 6.07) is 1.31. The van der Waals surface area contributed by atoms with Crippen LogP contribution in [0.5, 0.6) is 0 Å². The molecule has 0 atom stereocenters. The first-order chi connectivity index (χ1) is 6.75. The maximum absolute atomic E-state index is 12.9. The molecule has 1 aromatic carbocycles. The van der Waals surface area contributed by atoms with Crippen LogP contribution in [0.1, 0.15) is 21.5 Å². The molecular weight excluding hydrogens is 216 g/mol. The number of carbonyl (C=O) groups is 1. The molecule has 0 bridgehead atoms. The first-order valence-corrected chi connectivity index (χ1v) is 3.84. The third-order valence-corrected chi connectivity index (χ3v) is 1.91. The quantitative estimate of drug-likeness (QED) is 0.742. The average Bonchev–Trinajstić information content (AvgIpc) is 2.06. The van der Waals surface area contributed by atoms with Crippen LogP contribution >= 0.6 is 0 Å². The van der Waals surface area contributed by atoms with Crippen molar-refractivity contribution < 1.29 is 27.5 Å². The van der Waals surface area contributed by atoms with E-state index in [9.17, 15) is 22.4 Å². The lowest BCUT2D eigenvalue weighted by molar-refractivity contribution is -0.138. The molecule has 0 aliphatic heterocycles. The van der Waals surface area contributed by atoms with E-state index in [1.807, 2.05) is 0 Å². The van der Waals surface area contributed by atoms with Gasteiger partial charge in [-0.15, -0.1) is 0 Å². The molecule has 6 heteroatoms. The van der Waals surface area contributed by atoms with Crippen molar-refractivity contribution in [1.82, 2.24) is 0 Å². The topological polar surface area (TPSA) is 37.3 Å². The van der Waals surface area contributed by atoms with E-state index in [-0.39, 0.29) is 0 Å². The lowest BCUT2D eigenvalue weighted by Crippen LogP contribution is -2.15. The van der Waals surface area contributed by atoms with Crippen LogP contribution in [0.4, 0.5) is 17.6 Å². The first-order valence-electron chi connectivity index (χ1n) is 3.84. The summed E-state index contributed by atoms with van der Waals surface area (Å²) in [5.41, 5.74) is -3.08. The minimum atomic E-state index is -4.88. The summed E-state index contributed by atoms with van der Waals surface area (Å²) in [4.78, 5) is 10.5. The Balaban J connectivity index is 3.57. The summed E-state index contributed by atoms with van der Waals surface area (Å²) in [6.45, 7) is 0.893. The van der Waals surface area contributed by atoms with Crippen molar-refractivity contribution in [2.24, 2.45) is 0 Å². The van der Waals surface area contributed by atoms with Crippen molar-refractivity contribution in [2.45, 2.75) is 13.1 Å². The molecule has 0 amide bonds. The molecule has 0 saturated carbocycles. The van der Waals surface area contributed by atoms with E-state index in [0.717, 1.165) is 6.92 Å². The molecule has 0 unspecified atom stereocenters. The van der Waals surface area contributed by atoms with Gasteiger partial charge in [0.25, 0.3) is 0 Å². The summed E-state index contributed by atoms with van der Waals surface area (Å²) in [5.74, 6) is -2.81. The van der Waals surface area contributed by atoms with E-state index >= 15 is 0 Å². The molecule has 82 valence electrons. The number of benzene rings is 1. The standard InChI is InChI=1S/C9H6F4O2/c1-4-6(10)3-2-5(8(14)15)7(4)9(11,12)13/h2-3H,1H3,(H,14,15). The van der Waals surface area contributed by atoms with Gasteiger partial charge in [-0.05, 0) is 24.6 Å². The molecule has 15 heavy (non-hydrogen) atoms. The number of hydrogen-bond donors (Lipinski definition) is 1. The molecule has 0 heterocycles. The van der Waals surface area contributed by atoms with Crippen LogP contribution in [0.2, 0.25) is 0 Å². The molecule has 1 rings (SSSR count). The van der Waals surface area contributed by atoms with Crippen molar-refractivity contribution in [1.29, 1.82) is 0 Å². The maximum Gasteiger partial charge on any atom is 0.417 e. The number of halogens is 4. The summed E-state index contributed by atoms with van der Waals surface area (Å²) in [6.07, 6.45) is -4.88. The van der Waals surface area contributed by atoms with Crippen LogP contribution in [0, 0.1) is 12.7 Å². The van der Waals surface area contributed by atoms with Gasteiger partial charge in [-0.1, -0.05) is 0 Å². The number of alkyl halides is 3. The molecule has 0 radical (unpaired) electrons. The molecule has 0 aromatic heterocycles. The largest absolute Gasteiger partial charge is 0.478 e. The van der Waals surface area contributed by atoms with Crippen LogP contribution in [-0.4, -0.2) is 11.1 Å². The van der Waals surface area contributed by atoms with E-state index < -0.39 is 34.7 Å². The Labute approximate surface area is 82.1 Å². The Morgan fingerprint density at radius 2 is 1.87 bits per heavy atom.